The number of pyridine rings is 1. The number of benzene rings is 2. The molecule has 0 unspecified atom stereocenters. The fourth-order valence-corrected chi connectivity index (χ4v) is 4.80. The van der Waals surface area contributed by atoms with Crippen LogP contribution in [-0.2, 0) is 10.0 Å². The number of aryl methyl sites for hydroxylation is 1. The molecule has 26 heavy (non-hydrogen) atoms. The number of fused-ring (bicyclic) bond motifs is 1. The minimum atomic E-state index is -3.80. The molecule has 0 aliphatic carbocycles. The van der Waals surface area contributed by atoms with Gasteiger partial charge in [-0.3, -0.25) is 0 Å². The zero-order chi connectivity index (χ0) is 18.3. The third kappa shape index (κ3) is 2.75. The van der Waals surface area contributed by atoms with Crippen molar-refractivity contribution in [1.29, 1.82) is 0 Å². The van der Waals surface area contributed by atoms with Gasteiger partial charge in [-0.05, 0) is 52.7 Å². The van der Waals surface area contributed by atoms with E-state index >= 15 is 0 Å². The van der Waals surface area contributed by atoms with Gasteiger partial charge in [0.1, 0.15) is 0 Å². The predicted octanol–water partition coefficient (Wildman–Crippen LogP) is 5.01. The maximum absolute atomic E-state index is 13.4. The average Bonchev–Trinajstić information content (AvgIpc) is 3.05. The van der Waals surface area contributed by atoms with E-state index in [0.717, 1.165) is 21.0 Å². The van der Waals surface area contributed by atoms with Crippen molar-refractivity contribution in [3.8, 4) is 11.3 Å². The molecule has 0 radical (unpaired) electrons. The van der Waals surface area contributed by atoms with Crippen LogP contribution in [0.3, 0.4) is 0 Å². The summed E-state index contributed by atoms with van der Waals surface area (Å²) < 4.78 is 29.0. The summed E-state index contributed by atoms with van der Waals surface area (Å²) in [6.07, 6.45) is 1.60. The molecule has 2 heterocycles. The Morgan fingerprint density at radius 1 is 0.962 bits per heavy atom. The fourth-order valence-electron chi connectivity index (χ4n) is 2.91. The second-order valence-electron chi connectivity index (χ2n) is 6.01. The first kappa shape index (κ1) is 17.0. The molecule has 6 heteroatoms. The molecular weight excluding hydrogens is 412 g/mol. The fraction of sp³-hybridized carbons (Fsp3) is 0.0500. The topological polar surface area (TPSA) is 52.0 Å². The molecule has 0 aliphatic rings. The monoisotopic (exact) mass is 426 g/mol. The van der Waals surface area contributed by atoms with Crippen molar-refractivity contribution in [2.75, 3.05) is 0 Å². The molecule has 0 saturated heterocycles. The lowest BCUT2D eigenvalue weighted by Gasteiger charge is -2.12. The zero-order valence-corrected chi connectivity index (χ0v) is 16.3. The molecule has 0 spiro atoms. The Morgan fingerprint density at radius 2 is 1.65 bits per heavy atom. The largest absolute Gasteiger partial charge is 0.269 e. The summed E-state index contributed by atoms with van der Waals surface area (Å²) in [5, 5.41) is 0.752. The van der Waals surface area contributed by atoms with Gasteiger partial charge in [0.15, 0.2) is 5.65 Å². The molecule has 130 valence electrons. The molecule has 0 saturated carbocycles. The van der Waals surface area contributed by atoms with Crippen LogP contribution < -0.4 is 0 Å². The Labute approximate surface area is 160 Å². The molecular formula is C20H15BrN2O2S. The lowest BCUT2D eigenvalue weighted by atomic mass is 10.1. The van der Waals surface area contributed by atoms with E-state index in [1.165, 1.54) is 3.97 Å². The molecule has 0 atom stereocenters. The van der Waals surface area contributed by atoms with E-state index in [1.54, 1.807) is 36.5 Å². The zero-order valence-electron chi connectivity index (χ0n) is 13.9. The van der Waals surface area contributed by atoms with Crippen LogP contribution in [0.25, 0.3) is 22.3 Å². The van der Waals surface area contributed by atoms with Crippen molar-refractivity contribution >= 4 is 37.0 Å². The summed E-state index contributed by atoms with van der Waals surface area (Å²) >= 11 is 3.50. The minimum absolute atomic E-state index is 0.236. The maximum Gasteiger partial charge on any atom is 0.269 e. The van der Waals surface area contributed by atoms with Crippen molar-refractivity contribution in [2.45, 2.75) is 11.8 Å². The van der Waals surface area contributed by atoms with Gasteiger partial charge in [-0.25, -0.2) is 17.4 Å². The SMILES string of the molecule is Cc1ccc(S(=O)(=O)n2c(-c3ccccc3)cc3c(Br)ccnc32)cc1. The quantitative estimate of drug-likeness (QED) is 0.462. The van der Waals surface area contributed by atoms with E-state index in [0.29, 0.717) is 11.3 Å². The van der Waals surface area contributed by atoms with Crippen LogP contribution in [0, 0.1) is 6.92 Å². The number of hydrogen-bond acceptors (Lipinski definition) is 3. The second-order valence-corrected chi connectivity index (χ2v) is 8.65. The average molecular weight is 427 g/mol. The molecule has 0 amide bonds. The smallest absolute Gasteiger partial charge is 0.237 e. The summed E-state index contributed by atoms with van der Waals surface area (Å²) in [6, 6.07) is 20.0. The summed E-state index contributed by atoms with van der Waals surface area (Å²) in [6.45, 7) is 1.93. The lowest BCUT2D eigenvalue weighted by Crippen LogP contribution is -2.14. The molecule has 4 aromatic rings. The first-order valence-corrected chi connectivity index (χ1v) is 10.3. The van der Waals surface area contributed by atoms with Crippen LogP contribution in [0.15, 0.2) is 82.3 Å². The highest BCUT2D eigenvalue weighted by Crippen LogP contribution is 2.34. The van der Waals surface area contributed by atoms with Gasteiger partial charge in [0.25, 0.3) is 10.0 Å². The van der Waals surface area contributed by atoms with Gasteiger partial charge in [-0.2, -0.15) is 0 Å². The standard InChI is InChI=1S/C20H15BrN2O2S/c1-14-7-9-16(10-8-14)26(24,25)23-19(15-5-3-2-4-6-15)13-17-18(21)11-12-22-20(17)23/h2-13H,1H3. The Kier molecular flexibility index (Phi) is 4.17. The number of hydrogen-bond donors (Lipinski definition) is 0. The summed E-state index contributed by atoms with van der Waals surface area (Å²) in [5.41, 5.74) is 2.80. The molecule has 2 aromatic carbocycles. The highest BCUT2D eigenvalue weighted by Gasteiger charge is 2.25. The van der Waals surface area contributed by atoms with Gasteiger partial charge in [-0.15, -0.1) is 0 Å². The first-order valence-electron chi connectivity index (χ1n) is 8.02. The van der Waals surface area contributed by atoms with Gasteiger partial charge in [0.05, 0.1) is 10.6 Å². The third-order valence-electron chi connectivity index (χ3n) is 4.24. The summed E-state index contributed by atoms with van der Waals surface area (Å²) in [7, 11) is -3.80. The van der Waals surface area contributed by atoms with E-state index in [4.69, 9.17) is 0 Å². The van der Waals surface area contributed by atoms with Crippen LogP contribution >= 0.6 is 15.9 Å². The van der Waals surface area contributed by atoms with Crippen molar-refractivity contribution in [3.63, 3.8) is 0 Å². The van der Waals surface area contributed by atoms with E-state index in [9.17, 15) is 8.42 Å². The Bertz CT molecular complexity index is 1200. The van der Waals surface area contributed by atoms with E-state index in [2.05, 4.69) is 20.9 Å². The lowest BCUT2D eigenvalue weighted by molar-refractivity contribution is 0.589. The highest BCUT2D eigenvalue weighted by atomic mass is 79.9. The number of nitrogens with zero attached hydrogens (tertiary/aromatic N) is 2. The van der Waals surface area contributed by atoms with Crippen LogP contribution in [0.2, 0.25) is 0 Å². The van der Waals surface area contributed by atoms with Gasteiger partial charge < -0.3 is 0 Å². The van der Waals surface area contributed by atoms with Crippen molar-refractivity contribution in [2.24, 2.45) is 0 Å². The van der Waals surface area contributed by atoms with Crippen molar-refractivity contribution in [3.05, 3.63) is 83.0 Å². The van der Waals surface area contributed by atoms with Gasteiger partial charge in [0, 0.05) is 16.1 Å². The first-order chi connectivity index (χ1) is 12.5. The van der Waals surface area contributed by atoms with E-state index in [1.807, 2.05) is 43.3 Å². The van der Waals surface area contributed by atoms with Crippen LogP contribution in [0.1, 0.15) is 5.56 Å². The Morgan fingerprint density at radius 3 is 2.35 bits per heavy atom. The molecule has 0 N–H and O–H groups in total. The number of aromatic nitrogens is 2. The number of halogens is 1. The highest BCUT2D eigenvalue weighted by molar-refractivity contribution is 9.10. The van der Waals surface area contributed by atoms with Gasteiger partial charge in [0.2, 0.25) is 0 Å². The Hall–Kier alpha value is -2.44. The summed E-state index contributed by atoms with van der Waals surface area (Å²) in [5.74, 6) is 0. The molecule has 4 rings (SSSR count). The van der Waals surface area contributed by atoms with Gasteiger partial charge >= 0.3 is 0 Å². The normalized spacial score (nSPS) is 11.8. The summed E-state index contributed by atoms with van der Waals surface area (Å²) in [4.78, 5) is 4.59. The molecule has 0 fully saturated rings. The van der Waals surface area contributed by atoms with Crippen LogP contribution in [-0.4, -0.2) is 17.4 Å². The maximum atomic E-state index is 13.4. The van der Waals surface area contributed by atoms with E-state index < -0.39 is 10.0 Å². The molecule has 4 nitrogen and oxygen atoms in total. The predicted molar refractivity (Wildman–Crippen MR) is 107 cm³/mol. The van der Waals surface area contributed by atoms with Gasteiger partial charge in [-0.1, -0.05) is 48.0 Å². The molecule has 0 aliphatic heterocycles. The Balaban J connectivity index is 2.08. The van der Waals surface area contributed by atoms with Crippen LogP contribution in [0.5, 0.6) is 0 Å². The van der Waals surface area contributed by atoms with Crippen molar-refractivity contribution in [1.82, 2.24) is 8.96 Å². The van der Waals surface area contributed by atoms with Crippen LogP contribution in [0.4, 0.5) is 0 Å². The second kappa shape index (κ2) is 6.37. The van der Waals surface area contributed by atoms with E-state index in [-0.39, 0.29) is 4.90 Å². The number of rotatable bonds is 3. The molecule has 2 aromatic heterocycles. The third-order valence-corrected chi connectivity index (χ3v) is 6.65. The molecule has 0 bridgehead atoms. The van der Waals surface area contributed by atoms with Crippen molar-refractivity contribution < 1.29 is 8.42 Å². The minimum Gasteiger partial charge on any atom is -0.237 e.